The van der Waals surface area contributed by atoms with Crippen molar-refractivity contribution in [2.45, 2.75) is 43.2 Å². The predicted octanol–water partition coefficient (Wildman–Crippen LogP) is 7.45. The number of hydrogen-bond donors (Lipinski definition) is 1. The smallest absolute Gasteiger partial charge is 0.303 e. The molecule has 1 aliphatic heterocycles. The molecule has 1 saturated heterocycles. The van der Waals surface area contributed by atoms with Crippen molar-refractivity contribution >= 4 is 40.2 Å². The van der Waals surface area contributed by atoms with Crippen LogP contribution in [0.2, 0.25) is 5.02 Å². The van der Waals surface area contributed by atoms with Crippen LogP contribution in [-0.2, 0) is 4.79 Å². The summed E-state index contributed by atoms with van der Waals surface area (Å²) in [6.45, 7) is 1.85. The Balaban J connectivity index is 1.38. The van der Waals surface area contributed by atoms with E-state index in [4.69, 9.17) is 16.3 Å². The number of fused-ring (bicyclic) bond motifs is 1. The Morgan fingerprint density at radius 3 is 2.54 bits per heavy atom. The largest absolute Gasteiger partial charge is 0.497 e. The average Bonchev–Trinajstić information content (AvgIpc) is 2.90. The number of benzene rings is 2. The van der Waals surface area contributed by atoms with Gasteiger partial charge in [-0.05, 0) is 74.5 Å². The Morgan fingerprint density at radius 2 is 1.90 bits per heavy atom. The molecule has 1 aromatic heterocycles. The Labute approximate surface area is 233 Å². The van der Waals surface area contributed by atoms with Gasteiger partial charge in [0.15, 0.2) is 17.5 Å². The van der Waals surface area contributed by atoms with Crippen molar-refractivity contribution in [3.05, 3.63) is 64.6 Å². The first kappa shape index (κ1) is 29.4. The number of carbonyl (C=O) groups is 1. The zero-order valence-corrected chi connectivity index (χ0v) is 22.9. The van der Waals surface area contributed by atoms with Gasteiger partial charge in [-0.3, -0.25) is 9.78 Å². The number of pyridine rings is 1. The molecule has 2 aromatic carbocycles. The second kappa shape index (κ2) is 12.7. The molecule has 0 bridgehead atoms. The molecule has 0 amide bonds. The molecule has 0 spiro atoms. The molecule has 5 nitrogen and oxygen atoms in total. The molecule has 3 aromatic rings. The number of carboxylic acid groups (broad SMARTS) is 1. The van der Waals surface area contributed by atoms with Gasteiger partial charge in [-0.25, -0.2) is 17.6 Å². The van der Waals surface area contributed by atoms with Crippen LogP contribution in [0.5, 0.6) is 5.75 Å². The summed E-state index contributed by atoms with van der Waals surface area (Å²) in [5.74, 6) is -3.77. The fourth-order valence-corrected chi connectivity index (χ4v) is 6.41. The minimum atomic E-state index is -1.49. The molecule has 0 saturated carbocycles. The van der Waals surface area contributed by atoms with Gasteiger partial charge in [-0.1, -0.05) is 11.6 Å². The molecule has 0 radical (unpaired) electrons. The molecule has 210 valence electrons. The van der Waals surface area contributed by atoms with Crippen molar-refractivity contribution in [1.82, 2.24) is 9.88 Å². The van der Waals surface area contributed by atoms with E-state index in [0.29, 0.717) is 71.8 Å². The summed E-state index contributed by atoms with van der Waals surface area (Å²) in [6.07, 6.45) is 1.60. The molecule has 1 N–H and O–H groups in total. The second-order valence-corrected chi connectivity index (χ2v) is 11.4. The molecule has 1 fully saturated rings. The number of ether oxygens (including phenoxy) is 1. The molecule has 0 aliphatic carbocycles. The normalized spacial score (nSPS) is 16.4. The van der Waals surface area contributed by atoms with Crippen LogP contribution < -0.4 is 4.74 Å². The van der Waals surface area contributed by atoms with E-state index in [-0.39, 0.29) is 17.9 Å². The average molecular weight is 585 g/mol. The number of likely N-dealkylation sites (tertiary alicyclic amines) is 1. The summed E-state index contributed by atoms with van der Waals surface area (Å²) in [5, 5.41) is 10.4. The van der Waals surface area contributed by atoms with Crippen LogP contribution in [0.25, 0.3) is 10.9 Å². The first-order chi connectivity index (χ1) is 18.6. The van der Waals surface area contributed by atoms with Crippen LogP contribution in [0.15, 0.2) is 41.4 Å². The Bertz CT molecular complexity index is 1310. The third kappa shape index (κ3) is 7.15. The summed E-state index contributed by atoms with van der Waals surface area (Å²) >= 11 is 7.58. The molecule has 2 heterocycles. The molecule has 11 heteroatoms. The zero-order valence-electron chi connectivity index (χ0n) is 21.4. The lowest BCUT2D eigenvalue weighted by atomic mass is 9.71. The monoisotopic (exact) mass is 584 g/mol. The maximum absolute atomic E-state index is 15.7. The first-order valence-corrected chi connectivity index (χ1v) is 13.9. The zero-order chi connectivity index (χ0) is 28.2. The number of halogens is 5. The van der Waals surface area contributed by atoms with Gasteiger partial charge in [0.1, 0.15) is 11.9 Å². The number of thioether (sulfide) groups is 1. The summed E-state index contributed by atoms with van der Waals surface area (Å²) in [7, 11) is 1.52. The Kier molecular flexibility index (Phi) is 9.61. The highest BCUT2D eigenvalue weighted by molar-refractivity contribution is 7.99. The van der Waals surface area contributed by atoms with Gasteiger partial charge in [-0.2, -0.15) is 0 Å². The minimum Gasteiger partial charge on any atom is -0.497 e. The number of carboxylic acids is 1. The second-order valence-electron chi connectivity index (χ2n) is 9.87. The maximum atomic E-state index is 15.7. The van der Waals surface area contributed by atoms with Gasteiger partial charge < -0.3 is 14.7 Å². The van der Waals surface area contributed by atoms with E-state index < -0.39 is 35.0 Å². The quantitative estimate of drug-likeness (QED) is 0.143. The molecule has 0 unspecified atom stereocenters. The van der Waals surface area contributed by atoms with Crippen LogP contribution >= 0.6 is 23.4 Å². The lowest BCUT2D eigenvalue weighted by molar-refractivity contribution is -0.141. The van der Waals surface area contributed by atoms with Crippen molar-refractivity contribution in [3.63, 3.8) is 0 Å². The third-order valence-corrected chi connectivity index (χ3v) is 8.64. The van der Waals surface area contributed by atoms with Gasteiger partial charge >= 0.3 is 5.97 Å². The fraction of sp³-hybridized carbons (Fsp3) is 0.429. The van der Waals surface area contributed by atoms with Crippen molar-refractivity contribution in [2.24, 2.45) is 5.41 Å². The van der Waals surface area contributed by atoms with Crippen molar-refractivity contribution < 1.29 is 32.2 Å². The van der Waals surface area contributed by atoms with Crippen LogP contribution in [0.4, 0.5) is 17.6 Å². The highest BCUT2D eigenvalue weighted by Gasteiger charge is 2.37. The summed E-state index contributed by atoms with van der Waals surface area (Å²) < 4.78 is 61.1. The summed E-state index contributed by atoms with van der Waals surface area (Å²) in [5.41, 5.74) is 0.361. The highest BCUT2D eigenvalue weighted by Crippen LogP contribution is 2.44. The fourth-order valence-electron chi connectivity index (χ4n) is 5.19. The van der Waals surface area contributed by atoms with Crippen LogP contribution in [0.1, 0.15) is 43.8 Å². The first-order valence-electron chi connectivity index (χ1n) is 12.6. The number of aliphatic carboxylic acids is 1. The number of nitrogens with zero attached hydrogens (tertiary/aromatic N) is 2. The number of aromatic nitrogens is 1. The standard InChI is InChI=1S/C28H29ClF4N2O3S/c1-38-17-2-3-24-19(12-17)26(20(29)16-34-24)21(30)4-5-28(15-25(36)37)6-8-35(9-7-28)10-11-39-18-13-22(31)27(33)23(32)14-18/h2-3,12-14,16,21H,4-11,15H2,1H3,(H,36,37)/t21-/m0/s1. The summed E-state index contributed by atoms with van der Waals surface area (Å²) in [6, 6.07) is 7.13. The SMILES string of the molecule is COc1ccc2ncc(Cl)c([C@@H](F)CCC3(CC(=O)O)CCN(CCSc4cc(F)c(F)c(F)c4)CC3)c2c1. The van der Waals surface area contributed by atoms with E-state index in [1.54, 1.807) is 18.2 Å². The predicted molar refractivity (Wildman–Crippen MR) is 144 cm³/mol. The van der Waals surface area contributed by atoms with E-state index in [2.05, 4.69) is 9.88 Å². The summed E-state index contributed by atoms with van der Waals surface area (Å²) in [4.78, 5) is 18.5. The topological polar surface area (TPSA) is 62.7 Å². The van der Waals surface area contributed by atoms with Gasteiger partial charge in [0.2, 0.25) is 0 Å². The van der Waals surface area contributed by atoms with E-state index in [1.165, 1.54) is 25.1 Å². The highest BCUT2D eigenvalue weighted by atomic mass is 35.5. The van der Waals surface area contributed by atoms with Crippen molar-refractivity contribution in [2.75, 3.05) is 32.5 Å². The van der Waals surface area contributed by atoms with Crippen LogP contribution in [-0.4, -0.2) is 53.5 Å². The van der Waals surface area contributed by atoms with Gasteiger partial charge in [-0.15, -0.1) is 11.8 Å². The Morgan fingerprint density at radius 1 is 1.21 bits per heavy atom. The maximum Gasteiger partial charge on any atom is 0.303 e. The van der Waals surface area contributed by atoms with E-state index in [9.17, 15) is 23.1 Å². The van der Waals surface area contributed by atoms with E-state index >= 15 is 4.39 Å². The lowest BCUT2D eigenvalue weighted by Crippen LogP contribution is -2.42. The lowest BCUT2D eigenvalue weighted by Gasteiger charge is -2.41. The number of rotatable bonds is 11. The molecule has 4 rings (SSSR count). The Hall–Kier alpha value is -2.56. The number of piperidine rings is 1. The third-order valence-electron chi connectivity index (χ3n) is 7.39. The number of alkyl halides is 1. The molecule has 1 atom stereocenters. The van der Waals surface area contributed by atoms with Crippen molar-refractivity contribution in [1.29, 1.82) is 0 Å². The number of hydrogen-bond acceptors (Lipinski definition) is 5. The number of methoxy groups -OCH3 is 1. The van der Waals surface area contributed by atoms with Gasteiger partial charge in [0.25, 0.3) is 0 Å². The minimum absolute atomic E-state index is 0.0604. The molecular formula is C28H29ClF4N2O3S. The molecular weight excluding hydrogens is 556 g/mol. The molecule has 1 aliphatic rings. The van der Waals surface area contributed by atoms with E-state index in [0.717, 1.165) is 12.1 Å². The van der Waals surface area contributed by atoms with Crippen LogP contribution in [0, 0.1) is 22.9 Å². The van der Waals surface area contributed by atoms with Gasteiger partial charge in [0, 0.05) is 34.3 Å². The molecule has 39 heavy (non-hydrogen) atoms. The van der Waals surface area contributed by atoms with E-state index in [1.807, 2.05) is 0 Å². The van der Waals surface area contributed by atoms with Crippen molar-refractivity contribution in [3.8, 4) is 5.75 Å². The van der Waals surface area contributed by atoms with Gasteiger partial charge in [0.05, 0.1) is 24.1 Å². The van der Waals surface area contributed by atoms with Crippen LogP contribution in [0.3, 0.4) is 0 Å².